The number of hydrogen-bond donors (Lipinski definition) is 3. The van der Waals surface area contributed by atoms with E-state index in [2.05, 4.69) is 10.6 Å². The van der Waals surface area contributed by atoms with Gasteiger partial charge in [-0.05, 0) is 36.5 Å². The number of aliphatic carboxylic acids is 1. The Hall–Kier alpha value is -2.37. The highest BCUT2D eigenvalue weighted by Crippen LogP contribution is 2.42. The van der Waals surface area contributed by atoms with Crippen LogP contribution >= 0.6 is 0 Å². The van der Waals surface area contributed by atoms with Gasteiger partial charge in [-0.15, -0.1) is 0 Å². The number of nitrogens with one attached hydrogen (secondary N) is 2. The molecule has 0 atom stereocenters. The monoisotopic (exact) mass is 360 g/mol. The highest BCUT2D eigenvalue weighted by atomic mass is 16.4. The van der Waals surface area contributed by atoms with Crippen LogP contribution in [0.2, 0.25) is 0 Å². The van der Waals surface area contributed by atoms with Crippen LogP contribution in [0.4, 0.5) is 11.4 Å². The van der Waals surface area contributed by atoms with E-state index in [-0.39, 0.29) is 30.6 Å². The van der Waals surface area contributed by atoms with Crippen LogP contribution in [0.25, 0.3) is 0 Å². The summed E-state index contributed by atoms with van der Waals surface area (Å²) in [4.78, 5) is 35.6. The summed E-state index contributed by atoms with van der Waals surface area (Å²) < 4.78 is 0. The molecule has 0 heterocycles. The second kappa shape index (κ2) is 8.83. The molecule has 2 rings (SSSR count). The van der Waals surface area contributed by atoms with E-state index in [0.29, 0.717) is 11.4 Å². The van der Waals surface area contributed by atoms with Gasteiger partial charge in [0.05, 0.1) is 6.42 Å². The number of amides is 2. The highest BCUT2D eigenvalue weighted by molar-refractivity contribution is 5.95. The van der Waals surface area contributed by atoms with E-state index >= 15 is 0 Å². The first-order valence-electron chi connectivity index (χ1n) is 9.22. The number of carboxylic acid groups (broad SMARTS) is 1. The number of anilines is 2. The lowest BCUT2D eigenvalue weighted by Gasteiger charge is -2.35. The van der Waals surface area contributed by atoms with Crippen molar-refractivity contribution < 1.29 is 19.5 Å². The van der Waals surface area contributed by atoms with Crippen molar-refractivity contribution in [2.75, 3.05) is 10.6 Å². The van der Waals surface area contributed by atoms with E-state index in [1.54, 1.807) is 24.3 Å². The molecule has 0 aromatic heterocycles. The van der Waals surface area contributed by atoms with Gasteiger partial charge in [-0.1, -0.05) is 39.2 Å². The molecule has 0 spiro atoms. The minimum Gasteiger partial charge on any atom is -0.481 e. The molecule has 26 heavy (non-hydrogen) atoms. The maximum Gasteiger partial charge on any atom is 0.303 e. The largest absolute Gasteiger partial charge is 0.481 e. The smallest absolute Gasteiger partial charge is 0.303 e. The highest BCUT2D eigenvalue weighted by Gasteiger charge is 2.36. The summed E-state index contributed by atoms with van der Waals surface area (Å²) in [5.74, 6) is -1.25. The first-order valence-corrected chi connectivity index (χ1v) is 9.22. The molecule has 1 aliphatic rings. The van der Waals surface area contributed by atoms with Gasteiger partial charge >= 0.3 is 5.97 Å². The van der Waals surface area contributed by atoms with Crippen LogP contribution in [0.1, 0.15) is 58.8 Å². The Kier molecular flexibility index (Phi) is 6.77. The minimum atomic E-state index is -0.849. The number of benzene rings is 1. The molecule has 1 aromatic carbocycles. The second-order valence-electron chi connectivity index (χ2n) is 7.58. The van der Waals surface area contributed by atoms with Gasteiger partial charge in [0.1, 0.15) is 0 Å². The van der Waals surface area contributed by atoms with Crippen molar-refractivity contribution >= 4 is 29.2 Å². The van der Waals surface area contributed by atoms with Gasteiger partial charge in [-0.3, -0.25) is 14.4 Å². The average molecular weight is 360 g/mol. The van der Waals surface area contributed by atoms with E-state index < -0.39 is 11.4 Å². The molecule has 1 saturated carbocycles. The number of carbonyl (C=O) groups is 3. The average Bonchev–Trinajstić information content (AvgIpc) is 2.54. The van der Waals surface area contributed by atoms with Crippen molar-refractivity contribution in [3.05, 3.63) is 24.3 Å². The molecule has 1 aliphatic carbocycles. The van der Waals surface area contributed by atoms with Crippen LogP contribution in [0.3, 0.4) is 0 Å². The minimum absolute atomic E-state index is 0.0326. The molecular weight excluding hydrogens is 332 g/mol. The van der Waals surface area contributed by atoms with Gasteiger partial charge in [-0.2, -0.15) is 0 Å². The molecule has 2 amide bonds. The summed E-state index contributed by atoms with van der Waals surface area (Å²) in [6.45, 7) is 3.63. The summed E-state index contributed by atoms with van der Waals surface area (Å²) in [6.07, 6.45) is 4.83. The molecule has 3 N–H and O–H groups in total. The fourth-order valence-corrected chi connectivity index (χ4v) is 3.55. The first-order chi connectivity index (χ1) is 12.3. The summed E-state index contributed by atoms with van der Waals surface area (Å²) in [5, 5.41) is 14.9. The summed E-state index contributed by atoms with van der Waals surface area (Å²) in [7, 11) is 0. The zero-order chi connectivity index (χ0) is 19.2. The van der Waals surface area contributed by atoms with E-state index in [9.17, 15) is 19.5 Å². The van der Waals surface area contributed by atoms with Crippen LogP contribution < -0.4 is 10.6 Å². The van der Waals surface area contributed by atoms with Crippen molar-refractivity contribution in [1.82, 2.24) is 0 Å². The fraction of sp³-hybridized carbons (Fsp3) is 0.550. The summed E-state index contributed by atoms with van der Waals surface area (Å²) in [6, 6.07) is 7.00. The van der Waals surface area contributed by atoms with Crippen LogP contribution in [-0.2, 0) is 14.4 Å². The maximum atomic E-state index is 12.5. The van der Waals surface area contributed by atoms with Gasteiger partial charge in [-0.25, -0.2) is 0 Å². The number of rotatable bonds is 7. The quantitative estimate of drug-likeness (QED) is 0.684. The van der Waals surface area contributed by atoms with E-state index in [1.165, 1.54) is 0 Å². The Bertz CT molecular complexity index is 664. The second-order valence-corrected chi connectivity index (χ2v) is 7.58. The lowest BCUT2D eigenvalue weighted by atomic mass is 9.69. The molecule has 6 heteroatoms. The maximum absolute atomic E-state index is 12.5. The zero-order valence-corrected chi connectivity index (χ0v) is 15.5. The number of carboxylic acids is 1. The molecular formula is C20H28N2O4. The van der Waals surface area contributed by atoms with Crippen molar-refractivity contribution in [2.45, 2.75) is 58.8 Å². The van der Waals surface area contributed by atoms with Crippen LogP contribution in [0, 0.1) is 11.3 Å². The van der Waals surface area contributed by atoms with Gasteiger partial charge in [0.25, 0.3) is 0 Å². The van der Waals surface area contributed by atoms with Gasteiger partial charge < -0.3 is 15.7 Å². The van der Waals surface area contributed by atoms with Crippen molar-refractivity contribution in [3.63, 3.8) is 0 Å². The lowest BCUT2D eigenvalue weighted by molar-refractivity contribution is -0.141. The number of hydrogen-bond acceptors (Lipinski definition) is 3. The van der Waals surface area contributed by atoms with Crippen LogP contribution in [0.15, 0.2) is 24.3 Å². The molecule has 1 aromatic rings. The van der Waals surface area contributed by atoms with E-state index in [0.717, 1.165) is 32.1 Å². The molecule has 6 nitrogen and oxygen atoms in total. The van der Waals surface area contributed by atoms with Crippen LogP contribution in [-0.4, -0.2) is 22.9 Å². The third-order valence-corrected chi connectivity index (χ3v) is 4.91. The standard InChI is InChI=1S/C20H28N2O4/c1-14(2)19(26)22-16-8-6-7-15(11-16)21-17(23)12-20(13-18(24)25)9-4-3-5-10-20/h6-8,11,14H,3-5,9-10,12-13H2,1-2H3,(H,21,23)(H,22,26)(H,24,25). The van der Waals surface area contributed by atoms with Gasteiger partial charge in [0, 0.05) is 23.7 Å². The van der Waals surface area contributed by atoms with E-state index in [4.69, 9.17) is 0 Å². The van der Waals surface area contributed by atoms with Crippen molar-refractivity contribution in [2.24, 2.45) is 11.3 Å². The molecule has 0 saturated heterocycles. The lowest BCUT2D eigenvalue weighted by Crippen LogP contribution is -2.32. The normalized spacial score (nSPS) is 16.1. The molecule has 0 bridgehead atoms. The Morgan fingerprint density at radius 2 is 1.65 bits per heavy atom. The summed E-state index contributed by atoms with van der Waals surface area (Å²) in [5.41, 5.74) is 0.773. The van der Waals surface area contributed by atoms with Crippen LogP contribution in [0.5, 0.6) is 0 Å². The Morgan fingerprint density at radius 3 is 2.23 bits per heavy atom. The molecule has 0 unspecified atom stereocenters. The first kappa shape index (κ1) is 19.9. The molecule has 142 valence electrons. The van der Waals surface area contributed by atoms with E-state index in [1.807, 2.05) is 13.8 Å². The Labute approximate surface area is 154 Å². The third kappa shape index (κ3) is 5.86. The topological polar surface area (TPSA) is 95.5 Å². The van der Waals surface area contributed by atoms with Gasteiger partial charge in [0.15, 0.2) is 0 Å². The summed E-state index contributed by atoms with van der Waals surface area (Å²) >= 11 is 0. The molecule has 0 aliphatic heterocycles. The molecule has 1 fully saturated rings. The predicted molar refractivity (Wildman–Crippen MR) is 101 cm³/mol. The third-order valence-electron chi connectivity index (χ3n) is 4.91. The fourth-order valence-electron chi connectivity index (χ4n) is 3.55. The Morgan fingerprint density at radius 1 is 1.04 bits per heavy atom. The van der Waals surface area contributed by atoms with Crippen molar-refractivity contribution in [3.8, 4) is 0 Å². The van der Waals surface area contributed by atoms with Crippen molar-refractivity contribution in [1.29, 1.82) is 0 Å². The predicted octanol–water partition coefficient (Wildman–Crippen LogP) is 4.03. The number of carbonyl (C=O) groups excluding carboxylic acids is 2. The zero-order valence-electron chi connectivity index (χ0n) is 15.5. The van der Waals surface area contributed by atoms with Gasteiger partial charge in [0.2, 0.25) is 11.8 Å². The molecule has 0 radical (unpaired) electrons. The SMILES string of the molecule is CC(C)C(=O)Nc1cccc(NC(=O)CC2(CC(=O)O)CCCCC2)c1. The Balaban J connectivity index is 2.02.